The zero-order valence-corrected chi connectivity index (χ0v) is 19.9. The number of phenols is 1. The molecular weight excluding hydrogens is 410 g/mol. The van der Waals surface area contributed by atoms with Crippen LogP contribution in [0.4, 0.5) is 4.79 Å². The Hall–Kier alpha value is -2.77. The van der Waals surface area contributed by atoms with Gasteiger partial charge in [-0.2, -0.15) is 0 Å². The fourth-order valence-electron chi connectivity index (χ4n) is 3.55. The van der Waals surface area contributed by atoms with Crippen molar-refractivity contribution in [3.05, 3.63) is 29.3 Å². The molecule has 0 radical (unpaired) electrons. The van der Waals surface area contributed by atoms with Gasteiger partial charge >= 0.3 is 6.09 Å². The number of ether oxygens (including phenoxy) is 1. The Kier molecular flexibility index (Phi) is 8.92. The van der Waals surface area contributed by atoms with E-state index >= 15 is 0 Å². The highest BCUT2D eigenvalue weighted by molar-refractivity contribution is 5.90. The molecule has 0 bridgehead atoms. The molecule has 32 heavy (non-hydrogen) atoms. The first kappa shape index (κ1) is 25.5. The molecule has 3 amide bonds. The van der Waals surface area contributed by atoms with Crippen molar-refractivity contribution in [1.82, 2.24) is 15.5 Å². The number of carbonyl (C=O) groups is 3. The first-order chi connectivity index (χ1) is 15.0. The van der Waals surface area contributed by atoms with E-state index in [0.717, 1.165) is 32.1 Å². The summed E-state index contributed by atoms with van der Waals surface area (Å²) in [6.07, 6.45) is 3.68. The lowest BCUT2D eigenvalue weighted by Crippen LogP contribution is -2.54. The number of benzene rings is 1. The lowest BCUT2D eigenvalue weighted by atomic mass is 9.88. The predicted octanol–water partition coefficient (Wildman–Crippen LogP) is 3.56. The normalized spacial score (nSPS) is 14.8. The van der Waals surface area contributed by atoms with Crippen LogP contribution in [0.3, 0.4) is 0 Å². The largest absolute Gasteiger partial charge is 0.508 e. The van der Waals surface area contributed by atoms with Gasteiger partial charge in [0.25, 0.3) is 0 Å². The van der Waals surface area contributed by atoms with Crippen molar-refractivity contribution in [1.29, 1.82) is 0 Å². The number of unbranched alkanes of at least 4 members (excludes halogenated alkanes) is 1. The van der Waals surface area contributed by atoms with Crippen LogP contribution in [-0.2, 0) is 14.3 Å². The van der Waals surface area contributed by atoms with Crippen molar-refractivity contribution in [2.75, 3.05) is 13.1 Å². The lowest BCUT2D eigenvalue weighted by molar-refractivity contribution is -0.145. The molecule has 1 atom stereocenters. The number of carbonyl (C=O) groups excluding carboxylic acids is 3. The SMILES string of the molecule is CCCCNC(=O)C(c1ccc(O)c(C)c1)N(C(=O)CNC(=O)OC(C)(C)C)C1CCC1. The Morgan fingerprint density at radius 2 is 1.91 bits per heavy atom. The molecule has 1 unspecified atom stereocenters. The summed E-state index contributed by atoms with van der Waals surface area (Å²) in [6, 6.07) is 4.02. The molecule has 0 aliphatic heterocycles. The second kappa shape index (κ2) is 11.2. The van der Waals surface area contributed by atoms with Gasteiger partial charge in [-0.25, -0.2) is 4.79 Å². The van der Waals surface area contributed by atoms with E-state index in [0.29, 0.717) is 17.7 Å². The van der Waals surface area contributed by atoms with Crippen LogP contribution in [0, 0.1) is 6.92 Å². The first-order valence-corrected chi connectivity index (χ1v) is 11.4. The predicted molar refractivity (Wildman–Crippen MR) is 122 cm³/mol. The van der Waals surface area contributed by atoms with Gasteiger partial charge < -0.3 is 25.4 Å². The van der Waals surface area contributed by atoms with Crippen molar-refractivity contribution in [3.8, 4) is 5.75 Å². The average Bonchev–Trinajstić information content (AvgIpc) is 2.65. The number of phenolic OH excluding ortho intramolecular Hbond substituents is 1. The molecule has 1 aromatic carbocycles. The van der Waals surface area contributed by atoms with Crippen LogP contribution in [0.2, 0.25) is 0 Å². The average molecular weight is 448 g/mol. The standard InChI is InChI=1S/C24H37N3O5/c1-6-7-13-25-22(30)21(17-11-12-19(28)16(2)14-17)27(18-9-8-10-18)20(29)15-26-23(31)32-24(3,4)5/h11-12,14,18,21,28H,6-10,13,15H2,1-5H3,(H,25,30)(H,26,31). The van der Waals surface area contributed by atoms with Crippen LogP contribution in [0.15, 0.2) is 18.2 Å². The molecule has 0 aromatic heterocycles. The minimum Gasteiger partial charge on any atom is -0.508 e. The molecule has 3 N–H and O–H groups in total. The topological polar surface area (TPSA) is 108 Å². The highest BCUT2D eigenvalue weighted by atomic mass is 16.6. The van der Waals surface area contributed by atoms with E-state index in [1.807, 2.05) is 6.92 Å². The van der Waals surface area contributed by atoms with Gasteiger partial charge in [-0.3, -0.25) is 9.59 Å². The Morgan fingerprint density at radius 1 is 1.22 bits per heavy atom. The summed E-state index contributed by atoms with van der Waals surface area (Å²) in [5, 5.41) is 15.4. The quantitative estimate of drug-likeness (QED) is 0.502. The smallest absolute Gasteiger partial charge is 0.408 e. The number of rotatable bonds is 9. The summed E-state index contributed by atoms with van der Waals surface area (Å²) >= 11 is 0. The van der Waals surface area contributed by atoms with Crippen LogP contribution < -0.4 is 10.6 Å². The highest BCUT2D eigenvalue weighted by Crippen LogP contribution is 2.34. The van der Waals surface area contributed by atoms with Crippen molar-refractivity contribution in [2.45, 2.75) is 84.4 Å². The van der Waals surface area contributed by atoms with Gasteiger partial charge in [0, 0.05) is 12.6 Å². The number of nitrogens with one attached hydrogen (secondary N) is 2. The molecule has 8 nitrogen and oxygen atoms in total. The molecule has 1 aliphatic carbocycles. The Morgan fingerprint density at radius 3 is 2.44 bits per heavy atom. The zero-order valence-electron chi connectivity index (χ0n) is 19.9. The second-order valence-electron chi connectivity index (χ2n) is 9.33. The molecule has 178 valence electrons. The number of aryl methyl sites for hydroxylation is 1. The summed E-state index contributed by atoms with van der Waals surface area (Å²) in [6.45, 7) is 9.30. The number of aromatic hydroxyl groups is 1. The number of amides is 3. The third-order valence-electron chi connectivity index (χ3n) is 5.43. The number of alkyl carbamates (subject to hydrolysis) is 1. The van der Waals surface area contributed by atoms with Crippen molar-refractivity contribution in [2.24, 2.45) is 0 Å². The summed E-state index contributed by atoms with van der Waals surface area (Å²) in [5.74, 6) is -0.477. The van der Waals surface area contributed by atoms with Crippen molar-refractivity contribution in [3.63, 3.8) is 0 Å². The molecule has 1 aliphatic rings. The van der Waals surface area contributed by atoms with Crippen molar-refractivity contribution >= 4 is 17.9 Å². The second-order valence-corrected chi connectivity index (χ2v) is 9.33. The third kappa shape index (κ3) is 7.14. The van der Waals surface area contributed by atoms with Gasteiger partial charge in [0.05, 0.1) is 0 Å². The first-order valence-electron chi connectivity index (χ1n) is 11.4. The molecule has 2 rings (SSSR count). The highest BCUT2D eigenvalue weighted by Gasteiger charge is 2.39. The van der Waals surface area contributed by atoms with E-state index in [-0.39, 0.29) is 30.2 Å². The molecule has 8 heteroatoms. The molecule has 0 saturated heterocycles. The van der Waals surface area contributed by atoms with E-state index in [1.165, 1.54) is 0 Å². The van der Waals surface area contributed by atoms with E-state index in [4.69, 9.17) is 4.74 Å². The number of hydrogen-bond donors (Lipinski definition) is 3. The van der Waals surface area contributed by atoms with Crippen LogP contribution in [0.5, 0.6) is 5.75 Å². The molecule has 0 spiro atoms. The fraction of sp³-hybridized carbons (Fsp3) is 0.625. The van der Waals surface area contributed by atoms with Gasteiger partial charge in [-0.1, -0.05) is 19.4 Å². The summed E-state index contributed by atoms with van der Waals surface area (Å²) in [5.41, 5.74) is 0.583. The van der Waals surface area contributed by atoms with Crippen LogP contribution >= 0.6 is 0 Å². The lowest BCUT2D eigenvalue weighted by Gasteiger charge is -2.42. The third-order valence-corrected chi connectivity index (χ3v) is 5.43. The van der Waals surface area contributed by atoms with Gasteiger partial charge in [0.1, 0.15) is 23.9 Å². The van der Waals surface area contributed by atoms with E-state index < -0.39 is 17.7 Å². The maximum absolute atomic E-state index is 13.3. The number of nitrogens with zero attached hydrogens (tertiary/aromatic N) is 1. The van der Waals surface area contributed by atoms with Gasteiger partial charge in [0.15, 0.2) is 0 Å². The minimum atomic E-state index is -0.843. The summed E-state index contributed by atoms with van der Waals surface area (Å²) in [4.78, 5) is 40.2. The van der Waals surface area contributed by atoms with Crippen molar-refractivity contribution < 1.29 is 24.2 Å². The molecule has 0 heterocycles. The van der Waals surface area contributed by atoms with E-state index in [9.17, 15) is 19.5 Å². The van der Waals surface area contributed by atoms with Crippen LogP contribution in [-0.4, -0.2) is 52.6 Å². The van der Waals surface area contributed by atoms with Gasteiger partial charge in [-0.15, -0.1) is 0 Å². The molecule has 1 aromatic rings. The molecule has 1 saturated carbocycles. The van der Waals surface area contributed by atoms with E-state index in [2.05, 4.69) is 10.6 Å². The summed E-state index contributed by atoms with van der Waals surface area (Å²) in [7, 11) is 0. The van der Waals surface area contributed by atoms with Gasteiger partial charge in [0.2, 0.25) is 11.8 Å². The molecule has 1 fully saturated rings. The maximum Gasteiger partial charge on any atom is 0.408 e. The Labute approximate surface area is 190 Å². The van der Waals surface area contributed by atoms with Crippen LogP contribution in [0.25, 0.3) is 0 Å². The monoisotopic (exact) mass is 447 g/mol. The van der Waals surface area contributed by atoms with E-state index in [1.54, 1.807) is 50.8 Å². The van der Waals surface area contributed by atoms with Crippen LogP contribution in [0.1, 0.15) is 77.0 Å². The van der Waals surface area contributed by atoms with Gasteiger partial charge in [-0.05, 0) is 76.6 Å². The molecular formula is C24H37N3O5. The minimum absolute atomic E-state index is 0.0843. The Bertz CT molecular complexity index is 814. The summed E-state index contributed by atoms with van der Waals surface area (Å²) < 4.78 is 5.23. The fourth-order valence-corrected chi connectivity index (χ4v) is 3.55. The maximum atomic E-state index is 13.3. The number of hydrogen-bond acceptors (Lipinski definition) is 5. The Balaban J connectivity index is 2.29. The zero-order chi connectivity index (χ0) is 23.9.